The van der Waals surface area contributed by atoms with Gasteiger partial charge in [0.05, 0.1) is 19.4 Å². The molecule has 1 aromatic carbocycles. The van der Waals surface area contributed by atoms with Crippen molar-refractivity contribution in [2.45, 2.75) is 20.0 Å². The molecule has 4 rings (SSSR count). The van der Waals surface area contributed by atoms with Crippen molar-refractivity contribution in [2.75, 3.05) is 0 Å². The van der Waals surface area contributed by atoms with Crippen molar-refractivity contribution in [3.8, 4) is 0 Å². The van der Waals surface area contributed by atoms with Crippen LogP contribution in [0.25, 0.3) is 11.2 Å². The molecular weight excluding hydrogens is 328 g/mol. The van der Waals surface area contributed by atoms with E-state index < -0.39 is 0 Å². The van der Waals surface area contributed by atoms with Crippen molar-refractivity contribution in [2.24, 2.45) is 0 Å². The lowest BCUT2D eigenvalue weighted by atomic mass is 10.1. The first kappa shape index (κ1) is 16.1. The van der Waals surface area contributed by atoms with Gasteiger partial charge < -0.3 is 14.3 Å². The molecule has 0 saturated carbocycles. The zero-order valence-corrected chi connectivity index (χ0v) is 14.3. The van der Waals surface area contributed by atoms with Crippen molar-refractivity contribution in [3.05, 3.63) is 83.7 Å². The zero-order valence-electron chi connectivity index (χ0n) is 14.3. The number of furan rings is 1. The lowest BCUT2D eigenvalue weighted by molar-refractivity contribution is 0.0922. The van der Waals surface area contributed by atoms with Crippen LogP contribution in [0.5, 0.6) is 0 Å². The predicted molar refractivity (Wildman–Crippen MR) is 97.7 cm³/mol. The fourth-order valence-electron chi connectivity index (χ4n) is 2.84. The molecule has 0 fully saturated rings. The van der Waals surface area contributed by atoms with Crippen LogP contribution in [0.2, 0.25) is 0 Å². The van der Waals surface area contributed by atoms with Crippen molar-refractivity contribution in [3.63, 3.8) is 0 Å². The molecule has 26 heavy (non-hydrogen) atoms. The molecule has 6 nitrogen and oxygen atoms in total. The highest BCUT2D eigenvalue weighted by atomic mass is 16.3. The normalized spacial score (nSPS) is 11.0. The molecule has 0 unspecified atom stereocenters. The monoisotopic (exact) mass is 346 g/mol. The quantitative estimate of drug-likeness (QED) is 0.602. The van der Waals surface area contributed by atoms with Gasteiger partial charge in [0.15, 0.2) is 11.4 Å². The van der Waals surface area contributed by atoms with Crippen LogP contribution in [0.15, 0.2) is 65.4 Å². The highest BCUT2D eigenvalue weighted by molar-refractivity contribution is 5.91. The third kappa shape index (κ3) is 3.21. The minimum Gasteiger partial charge on any atom is -0.459 e. The Morgan fingerprint density at radius 2 is 2.00 bits per heavy atom. The highest BCUT2D eigenvalue weighted by Crippen LogP contribution is 2.16. The van der Waals surface area contributed by atoms with Gasteiger partial charge >= 0.3 is 0 Å². The third-order valence-corrected chi connectivity index (χ3v) is 4.20. The molecule has 0 atom stereocenters. The van der Waals surface area contributed by atoms with Gasteiger partial charge in [0, 0.05) is 6.20 Å². The number of hydrogen-bond acceptors (Lipinski definition) is 4. The largest absolute Gasteiger partial charge is 0.459 e. The van der Waals surface area contributed by atoms with Gasteiger partial charge in [-0.1, -0.05) is 29.8 Å². The summed E-state index contributed by atoms with van der Waals surface area (Å²) < 4.78 is 7.16. The van der Waals surface area contributed by atoms with E-state index in [4.69, 9.17) is 4.42 Å². The number of nitrogens with zero attached hydrogens (tertiary/aromatic N) is 3. The van der Waals surface area contributed by atoms with Crippen molar-refractivity contribution in [1.29, 1.82) is 0 Å². The Hall–Kier alpha value is -3.41. The van der Waals surface area contributed by atoms with E-state index in [9.17, 15) is 4.79 Å². The number of aromatic nitrogens is 3. The summed E-state index contributed by atoms with van der Waals surface area (Å²) in [7, 11) is 0. The lowest BCUT2D eigenvalue weighted by Gasteiger charge is -2.10. The smallest absolute Gasteiger partial charge is 0.287 e. The molecule has 4 aromatic rings. The fourth-order valence-corrected chi connectivity index (χ4v) is 2.84. The number of fused-ring (bicyclic) bond motifs is 1. The standard InChI is InChI=1S/C20H18N4O2/c1-14-6-8-15(9-7-14)13-24-18(23-16-4-2-10-21-19(16)24)12-22-20(25)17-5-3-11-26-17/h2-11H,12-13H2,1H3,(H,22,25). The summed E-state index contributed by atoms with van der Waals surface area (Å²) >= 11 is 0. The summed E-state index contributed by atoms with van der Waals surface area (Å²) in [4.78, 5) is 21.2. The molecule has 0 saturated heterocycles. The Kier molecular flexibility index (Phi) is 4.23. The number of pyridine rings is 1. The first-order chi connectivity index (χ1) is 12.7. The molecule has 3 heterocycles. The molecule has 0 aliphatic heterocycles. The van der Waals surface area contributed by atoms with Crippen LogP contribution in [0.3, 0.4) is 0 Å². The van der Waals surface area contributed by atoms with E-state index in [0.29, 0.717) is 13.1 Å². The van der Waals surface area contributed by atoms with Crippen molar-refractivity contribution in [1.82, 2.24) is 19.9 Å². The van der Waals surface area contributed by atoms with Gasteiger partial charge in [-0.2, -0.15) is 0 Å². The van der Waals surface area contributed by atoms with Gasteiger partial charge in [-0.25, -0.2) is 9.97 Å². The Labute approximate surface area is 150 Å². The number of rotatable bonds is 5. The maximum Gasteiger partial charge on any atom is 0.287 e. The van der Waals surface area contributed by atoms with Crippen LogP contribution in [-0.2, 0) is 13.1 Å². The van der Waals surface area contributed by atoms with Gasteiger partial charge in [0.2, 0.25) is 0 Å². The van der Waals surface area contributed by atoms with E-state index in [1.165, 1.54) is 11.8 Å². The molecule has 0 radical (unpaired) electrons. The summed E-state index contributed by atoms with van der Waals surface area (Å²) in [5, 5.41) is 2.85. The summed E-state index contributed by atoms with van der Waals surface area (Å²) in [6.07, 6.45) is 3.23. The number of nitrogens with one attached hydrogen (secondary N) is 1. The number of hydrogen-bond donors (Lipinski definition) is 1. The van der Waals surface area contributed by atoms with E-state index in [1.807, 2.05) is 16.7 Å². The Morgan fingerprint density at radius 1 is 1.15 bits per heavy atom. The van der Waals surface area contributed by atoms with Gasteiger partial charge in [-0.05, 0) is 36.8 Å². The van der Waals surface area contributed by atoms with E-state index in [0.717, 1.165) is 22.6 Å². The molecule has 0 aliphatic rings. The summed E-state index contributed by atoms with van der Waals surface area (Å²) in [5.41, 5.74) is 3.98. The number of aryl methyl sites for hydroxylation is 1. The van der Waals surface area contributed by atoms with Crippen LogP contribution < -0.4 is 5.32 Å². The van der Waals surface area contributed by atoms with Gasteiger partial charge in [0.25, 0.3) is 5.91 Å². The van der Waals surface area contributed by atoms with Gasteiger partial charge in [0.1, 0.15) is 11.3 Å². The van der Waals surface area contributed by atoms with E-state index in [2.05, 4.69) is 46.5 Å². The minimum atomic E-state index is -0.267. The minimum absolute atomic E-state index is 0.267. The second-order valence-electron chi connectivity index (χ2n) is 6.11. The zero-order chi connectivity index (χ0) is 17.9. The first-order valence-corrected chi connectivity index (χ1v) is 8.38. The molecule has 3 aromatic heterocycles. The maximum absolute atomic E-state index is 12.1. The van der Waals surface area contributed by atoms with Gasteiger partial charge in [-0.15, -0.1) is 0 Å². The third-order valence-electron chi connectivity index (χ3n) is 4.20. The maximum atomic E-state index is 12.1. The van der Waals surface area contributed by atoms with Crippen LogP contribution in [0, 0.1) is 6.92 Å². The Bertz CT molecular complexity index is 1030. The number of carbonyl (C=O) groups is 1. The molecule has 130 valence electrons. The van der Waals surface area contributed by atoms with Crippen molar-refractivity contribution < 1.29 is 9.21 Å². The second kappa shape index (κ2) is 6.84. The Balaban J connectivity index is 1.63. The van der Waals surface area contributed by atoms with E-state index >= 15 is 0 Å². The van der Waals surface area contributed by atoms with E-state index in [-0.39, 0.29) is 11.7 Å². The Morgan fingerprint density at radius 3 is 2.77 bits per heavy atom. The molecule has 0 bridgehead atoms. The van der Waals surface area contributed by atoms with Gasteiger partial charge in [-0.3, -0.25) is 4.79 Å². The molecule has 1 amide bonds. The van der Waals surface area contributed by atoms with Crippen LogP contribution in [-0.4, -0.2) is 20.4 Å². The number of benzene rings is 1. The molecule has 0 spiro atoms. The summed E-state index contributed by atoms with van der Waals surface area (Å²) in [6.45, 7) is 3.00. The second-order valence-corrected chi connectivity index (χ2v) is 6.11. The number of amides is 1. The van der Waals surface area contributed by atoms with Crippen molar-refractivity contribution >= 4 is 17.1 Å². The number of carbonyl (C=O) groups excluding carboxylic acids is 1. The van der Waals surface area contributed by atoms with Crippen LogP contribution in [0.1, 0.15) is 27.5 Å². The first-order valence-electron chi connectivity index (χ1n) is 8.38. The summed E-state index contributed by atoms with van der Waals surface area (Å²) in [6, 6.07) is 15.4. The van der Waals surface area contributed by atoms with Crippen LogP contribution >= 0.6 is 0 Å². The SMILES string of the molecule is Cc1ccc(Cn2c(CNC(=O)c3ccco3)nc3cccnc32)cc1. The molecule has 0 aliphatic carbocycles. The molecular formula is C20H18N4O2. The average Bonchev–Trinajstić information content (AvgIpc) is 3.30. The molecule has 6 heteroatoms. The highest BCUT2D eigenvalue weighted by Gasteiger charge is 2.14. The van der Waals surface area contributed by atoms with Crippen LogP contribution in [0.4, 0.5) is 0 Å². The topological polar surface area (TPSA) is 73.0 Å². The number of imidazole rings is 1. The lowest BCUT2D eigenvalue weighted by Crippen LogP contribution is -2.24. The molecule has 1 N–H and O–H groups in total. The fraction of sp³-hybridized carbons (Fsp3) is 0.150. The average molecular weight is 346 g/mol. The predicted octanol–water partition coefficient (Wildman–Crippen LogP) is 3.31. The summed E-state index contributed by atoms with van der Waals surface area (Å²) in [5.74, 6) is 0.764. The van der Waals surface area contributed by atoms with E-state index in [1.54, 1.807) is 18.3 Å².